The number of aryl methyl sites for hydroxylation is 1. The largest absolute Gasteiger partial charge is 0.355 e. The lowest BCUT2D eigenvalue weighted by Crippen LogP contribution is -2.40. The van der Waals surface area contributed by atoms with Gasteiger partial charge in [-0.3, -0.25) is 4.99 Å². The first-order valence-corrected chi connectivity index (χ1v) is 8.88. The predicted molar refractivity (Wildman–Crippen MR) is 104 cm³/mol. The minimum atomic E-state index is -2.95. The number of nitrogens with zero attached hydrogens (tertiary/aromatic N) is 2. The molecule has 0 heterocycles. The van der Waals surface area contributed by atoms with Crippen molar-refractivity contribution in [2.75, 3.05) is 32.1 Å². The van der Waals surface area contributed by atoms with Crippen LogP contribution in [-0.4, -0.2) is 51.4 Å². The molecule has 0 aliphatic carbocycles. The molecule has 0 fully saturated rings. The van der Waals surface area contributed by atoms with E-state index in [9.17, 15) is 8.42 Å². The van der Waals surface area contributed by atoms with Crippen LogP contribution in [0.25, 0.3) is 0 Å². The maximum atomic E-state index is 11.5. The van der Waals surface area contributed by atoms with E-state index in [0.717, 1.165) is 6.54 Å². The van der Waals surface area contributed by atoms with Crippen molar-refractivity contribution >= 4 is 39.8 Å². The summed E-state index contributed by atoms with van der Waals surface area (Å²) in [5, 5.41) is 3.10. The fourth-order valence-corrected chi connectivity index (χ4v) is 2.67. The van der Waals surface area contributed by atoms with Gasteiger partial charge in [-0.2, -0.15) is 0 Å². The van der Waals surface area contributed by atoms with Crippen LogP contribution in [0.1, 0.15) is 18.1 Å². The zero-order chi connectivity index (χ0) is 15.9. The van der Waals surface area contributed by atoms with Crippen LogP contribution in [0.4, 0.5) is 0 Å². The second kappa shape index (κ2) is 10.0. The van der Waals surface area contributed by atoms with Crippen LogP contribution in [-0.2, 0) is 16.4 Å². The molecule has 0 bridgehead atoms. The first-order chi connectivity index (χ1) is 9.89. The number of rotatable bonds is 6. The van der Waals surface area contributed by atoms with Crippen molar-refractivity contribution in [2.45, 2.75) is 20.4 Å². The van der Waals surface area contributed by atoms with Gasteiger partial charge in [0.25, 0.3) is 0 Å². The summed E-state index contributed by atoms with van der Waals surface area (Å²) >= 11 is 0. The Labute approximate surface area is 151 Å². The van der Waals surface area contributed by atoms with Crippen molar-refractivity contribution in [1.29, 1.82) is 0 Å². The summed E-state index contributed by atoms with van der Waals surface area (Å²) in [4.78, 5) is 6.18. The quantitative estimate of drug-likeness (QED) is 0.419. The predicted octanol–water partition coefficient (Wildman–Crippen LogP) is 2.05. The summed E-state index contributed by atoms with van der Waals surface area (Å²) in [5.74, 6) is 0.997. The molecule has 0 radical (unpaired) electrons. The molecule has 1 aromatic rings. The second-order valence-electron chi connectivity index (χ2n) is 4.99. The van der Waals surface area contributed by atoms with E-state index in [2.05, 4.69) is 29.4 Å². The molecule has 0 spiro atoms. The van der Waals surface area contributed by atoms with Gasteiger partial charge in [-0.15, -0.1) is 24.0 Å². The molecule has 0 aliphatic rings. The Morgan fingerprint density at radius 3 is 2.50 bits per heavy atom. The summed E-state index contributed by atoms with van der Waals surface area (Å²) in [5.41, 5.74) is 2.46. The van der Waals surface area contributed by atoms with E-state index in [4.69, 9.17) is 0 Å². The van der Waals surface area contributed by atoms with Crippen molar-refractivity contribution in [1.82, 2.24) is 10.2 Å². The van der Waals surface area contributed by atoms with Crippen molar-refractivity contribution in [3.05, 3.63) is 35.4 Å². The third kappa shape index (κ3) is 6.95. The third-order valence-electron chi connectivity index (χ3n) is 3.38. The van der Waals surface area contributed by atoms with Crippen LogP contribution in [0.2, 0.25) is 0 Å². The van der Waals surface area contributed by atoms with Crippen LogP contribution in [0.5, 0.6) is 0 Å². The van der Waals surface area contributed by atoms with Crippen molar-refractivity contribution in [2.24, 2.45) is 4.99 Å². The van der Waals surface area contributed by atoms with Crippen LogP contribution >= 0.6 is 24.0 Å². The molecule has 126 valence electrons. The smallest absolute Gasteiger partial charge is 0.193 e. The van der Waals surface area contributed by atoms with E-state index in [-0.39, 0.29) is 35.5 Å². The molecule has 0 saturated heterocycles. The second-order valence-corrected chi connectivity index (χ2v) is 7.47. The summed E-state index contributed by atoms with van der Waals surface area (Å²) < 4.78 is 23.0. The van der Waals surface area contributed by atoms with E-state index in [1.165, 1.54) is 11.1 Å². The van der Waals surface area contributed by atoms with Crippen LogP contribution in [0.3, 0.4) is 0 Å². The fraction of sp³-hybridized carbons (Fsp3) is 0.533. The number of guanidine groups is 1. The molecule has 1 N–H and O–H groups in total. The standard InChI is InChI=1S/C15H25N3O2S.HI/c1-5-21(19,20)11-10-17-15(16-3)18(4)12-14-9-7-6-8-13(14)2;/h6-9H,5,10-12H2,1-4H3,(H,16,17);1H. The summed E-state index contributed by atoms with van der Waals surface area (Å²) in [6, 6.07) is 8.19. The summed E-state index contributed by atoms with van der Waals surface area (Å²) in [7, 11) is 0.689. The number of aliphatic imine (C=N–C) groups is 1. The SMILES string of the molecule is CCS(=O)(=O)CCNC(=NC)N(C)Cc1ccccc1C.I. The lowest BCUT2D eigenvalue weighted by molar-refractivity contribution is 0.477. The number of nitrogens with one attached hydrogen (secondary N) is 1. The molecule has 22 heavy (non-hydrogen) atoms. The molecule has 7 heteroatoms. The molecule has 5 nitrogen and oxygen atoms in total. The van der Waals surface area contributed by atoms with Gasteiger partial charge in [0, 0.05) is 32.9 Å². The van der Waals surface area contributed by atoms with E-state index in [1.54, 1.807) is 14.0 Å². The van der Waals surface area contributed by atoms with Gasteiger partial charge in [0.2, 0.25) is 0 Å². The minimum absolute atomic E-state index is 0. The first-order valence-electron chi connectivity index (χ1n) is 7.06. The van der Waals surface area contributed by atoms with E-state index in [1.807, 2.05) is 24.1 Å². The van der Waals surface area contributed by atoms with Crippen molar-refractivity contribution in [3.63, 3.8) is 0 Å². The van der Waals surface area contributed by atoms with Crippen LogP contribution < -0.4 is 5.32 Å². The highest BCUT2D eigenvalue weighted by molar-refractivity contribution is 14.0. The van der Waals surface area contributed by atoms with Gasteiger partial charge in [0.15, 0.2) is 15.8 Å². The Balaban J connectivity index is 0.00000441. The molecule has 0 amide bonds. The zero-order valence-electron chi connectivity index (χ0n) is 13.7. The topological polar surface area (TPSA) is 61.8 Å². The lowest BCUT2D eigenvalue weighted by atomic mass is 10.1. The van der Waals surface area contributed by atoms with Gasteiger partial charge < -0.3 is 10.2 Å². The third-order valence-corrected chi connectivity index (χ3v) is 5.08. The highest BCUT2D eigenvalue weighted by Gasteiger charge is 2.10. The Hall–Kier alpha value is -0.830. The van der Waals surface area contributed by atoms with Gasteiger partial charge in [0.05, 0.1) is 5.75 Å². The van der Waals surface area contributed by atoms with E-state index < -0.39 is 9.84 Å². The number of sulfone groups is 1. The average Bonchev–Trinajstić information content (AvgIpc) is 2.46. The van der Waals surface area contributed by atoms with Crippen LogP contribution in [0.15, 0.2) is 29.3 Å². The maximum absolute atomic E-state index is 11.5. The number of benzene rings is 1. The molecular formula is C15H26IN3O2S. The molecule has 1 aromatic carbocycles. The van der Waals surface area contributed by atoms with Crippen LogP contribution in [0, 0.1) is 6.92 Å². The molecule has 0 unspecified atom stereocenters. The molecule has 0 atom stereocenters. The van der Waals surface area contributed by atoms with Gasteiger partial charge in [-0.1, -0.05) is 31.2 Å². The maximum Gasteiger partial charge on any atom is 0.193 e. The van der Waals surface area contributed by atoms with Gasteiger partial charge in [-0.25, -0.2) is 8.42 Å². The Bertz CT molecular complexity index is 588. The minimum Gasteiger partial charge on any atom is -0.355 e. The number of hydrogen-bond donors (Lipinski definition) is 1. The average molecular weight is 439 g/mol. The van der Waals surface area contributed by atoms with E-state index in [0.29, 0.717) is 12.5 Å². The Morgan fingerprint density at radius 1 is 1.32 bits per heavy atom. The molecule has 0 aromatic heterocycles. The number of halogens is 1. The lowest BCUT2D eigenvalue weighted by Gasteiger charge is -2.23. The fourth-order valence-electron chi connectivity index (χ4n) is 1.97. The van der Waals surface area contributed by atoms with Gasteiger partial charge >= 0.3 is 0 Å². The first kappa shape index (κ1) is 21.2. The molecule has 1 rings (SSSR count). The Kier molecular flexibility index (Phi) is 9.66. The summed E-state index contributed by atoms with van der Waals surface area (Å²) in [6.45, 7) is 4.84. The van der Waals surface area contributed by atoms with Crippen molar-refractivity contribution < 1.29 is 8.42 Å². The number of hydrogen-bond acceptors (Lipinski definition) is 3. The van der Waals surface area contributed by atoms with E-state index >= 15 is 0 Å². The monoisotopic (exact) mass is 439 g/mol. The van der Waals surface area contributed by atoms with Gasteiger partial charge in [0.1, 0.15) is 0 Å². The molecular weight excluding hydrogens is 413 g/mol. The van der Waals surface area contributed by atoms with Gasteiger partial charge in [-0.05, 0) is 18.1 Å². The zero-order valence-corrected chi connectivity index (χ0v) is 16.8. The van der Waals surface area contributed by atoms with Crippen molar-refractivity contribution in [3.8, 4) is 0 Å². The molecule has 0 aliphatic heterocycles. The Morgan fingerprint density at radius 2 is 1.95 bits per heavy atom. The highest BCUT2D eigenvalue weighted by Crippen LogP contribution is 2.09. The molecule has 0 saturated carbocycles. The normalized spacial score (nSPS) is 11.7. The summed E-state index contributed by atoms with van der Waals surface area (Å²) in [6.07, 6.45) is 0. The highest BCUT2D eigenvalue weighted by atomic mass is 127.